The Morgan fingerprint density at radius 2 is 1.71 bits per heavy atom. The highest BCUT2D eigenvalue weighted by atomic mass is 16.5. The van der Waals surface area contributed by atoms with Crippen LogP contribution in [-0.4, -0.2) is 19.5 Å². The highest BCUT2D eigenvalue weighted by molar-refractivity contribution is 5.76. The second-order valence-electron chi connectivity index (χ2n) is 5.39. The van der Waals surface area contributed by atoms with Gasteiger partial charge in [-0.05, 0) is 49.9 Å². The molecule has 0 spiro atoms. The van der Waals surface area contributed by atoms with Gasteiger partial charge < -0.3 is 9.47 Å². The van der Waals surface area contributed by atoms with Gasteiger partial charge in [-0.25, -0.2) is 0 Å². The first kappa shape index (κ1) is 17.8. The molecular weight excluding hydrogens is 300 g/mol. The van der Waals surface area contributed by atoms with Crippen molar-refractivity contribution in [3.8, 4) is 11.5 Å². The van der Waals surface area contributed by atoms with Crippen LogP contribution in [0.4, 0.5) is 0 Å². The van der Waals surface area contributed by atoms with Crippen LogP contribution in [0, 0.1) is 0 Å². The Bertz CT molecular complexity index is 647. The summed E-state index contributed by atoms with van der Waals surface area (Å²) in [5.74, 6) is 1.30. The molecule has 0 fully saturated rings. The van der Waals surface area contributed by atoms with E-state index < -0.39 is 0 Å². The lowest BCUT2D eigenvalue weighted by Crippen LogP contribution is -2.00. The average Bonchev–Trinajstić information content (AvgIpc) is 2.63. The highest BCUT2D eigenvalue weighted by Crippen LogP contribution is 2.28. The lowest BCUT2D eigenvalue weighted by molar-refractivity contribution is 0.112. The van der Waals surface area contributed by atoms with Gasteiger partial charge in [0.2, 0.25) is 0 Å². The number of benzene rings is 2. The van der Waals surface area contributed by atoms with Crippen LogP contribution < -0.4 is 9.47 Å². The maximum atomic E-state index is 10.8. The van der Waals surface area contributed by atoms with Crippen molar-refractivity contribution in [2.75, 3.05) is 13.2 Å². The molecule has 0 N–H and O–H groups in total. The standard InChI is InChI=1S/C21H24O3/c1-2-23-21-16-19(17-22)13-14-20(21)24-15-9-4-3-6-10-18-11-7-5-8-12-18/h3-5,7-8,11-14,16-17H,2,6,9-10,15H2,1H3. The summed E-state index contributed by atoms with van der Waals surface area (Å²) >= 11 is 0. The summed E-state index contributed by atoms with van der Waals surface area (Å²) in [6, 6.07) is 15.7. The number of carbonyl (C=O) groups is 1. The van der Waals surface area contributed by atoms with Gasteiger partial charge in [0, 0.05) is 5.56 Å². The minimum absolute atomic E-state index is 0.540. The first-order valence-corrected chi connectivity index (χ1v) is 8.37. The van der Waals surface area contributed by atoms with Crippen LogP contribution in [0.15, 0.2) is 60.7 Å². The molecule has 3 heteroatoms. The van der Waals surface area contributed by atoms with E-state index in [4.69, 9.17) is 9.47 Å². The van der Waals surface area contributed by atoms with Crippen molar-refractivity contribution in [2.45, 2.75) is 26.2 Å². The molecule has 0 atom stereocenters. The Morgan fingerprint density at radius 3 is 2.46 bits per heavy atom. The Labute approximate surface area is 143 Å². The van der Waals surface area contributed by atoms with E-state index in [9.17, 15) is 4.79 Å². The zero-order valence-corrected chi connectivity index (χ0v) is 14.1. The molecule has 0 bridgehead atoms. The Hall–Kier alpha value is -2.55. The van der Waals surface area contributed by atoms with Crippen LogP contribution in [0.2, 0.25) is 0 Å². The number of rotatable bonds is 10. The van der Waals surface area contributed by atoms with Crippen LogP contribution in [0.3, 0.4) is 0 Å². The third kappa shape index (κ3) is 5.92. The molecule has 0 saturated carbocycles. The summed E-state index contributed by atoms with van der Waals surface area (Å²) < 4.78 is 11.3. The molecule has 2 aromatic rings. The van der Waals surface area contributed by atoms with Gasteiger partial charge >= 0.3 is 0 Å². The maximum Gasteiger partial charge on any atom is 0.161 e. The van der Waals surface area contributed by atoms with E-state index in [0.717, 1.165) is 25.5 Å². The Balaban J connectivity index is 1.73. The molecule has 0 aromatic heterocycles. The predicted octanol–water partition coefficient (Wildman–Crippen LogP) is 4.86. The molecule has 0 aliphatic carbocycles. The summed E-state index contributed by atoms with van der Waals surface area (Å²) in [6.07, 6.45) is 8.07. The van der Waals surface area contributed by atoms with Crippen molar-refractivity contribution in [1.29, 1.82) is 0 Å². The monoisotopic (exact) mass is 324 g/mol. The average molecular weight is 324 g/mol. The third-order valence-electron chi connectivity index (χ3n) is 3.55. The molecule has 0 unspecified atom stereocenters. The number of hydrogen-bond donors (Lipinski definition) is 0. The molecule has 2 rings (SSSR count). The minimum atomic E-state index is 0.540. The number of aryl methyl sites for hydroxylation is 1. The molecule has 126 valence electrons. The summed E-state index contributed by atoms with van der Waals surface area (Å²) in [6.45, 7) is 3.03. The first-order valence-electron chi connectivity index (χ1n) is 8.37. The van der Waals surface area contributed by atoms with E-state index in [1.165, 1.54) is 5.56 Å². The smallest absolute Gasteiger partial charge is 0.161 e. The molecular formula is C21H24O3. The minimum Gasteiger partial charge on any atom is -0.490 e. The molecule has 0 aliphatic rings. The molecule has 0 aliphatic heterocycles. The third-order valence-corrected chi connectivity index (χ3v) is 3.55. The van der Waals surface area contributed by atoms with Crippen LogP contribution in [0.25, 0.3) is 0 Å². The number of aldehydes is 1. The normalized spacial score (nSPS) is 10.7. The van der Waals surface area contributed by atoms with Gasteiger partial charge in [0.1, 0.15) is 6.29 Å². The van der Waals surface area contributed by atoms with Crippen LogP contribution in [-0.2, 0) is 6.42 Å². The SMILES string of the molecule is CCOc1cc(C=O)ccc1OCCC=CCCc1ccccc1. The fourth-order valence-electron chi connectivity index (χ4n) is 2.35. The highest BCUT2D eigenvalue weighted by Gasteiger charge is 2.05. The van der Waals surface area contributed by atoms with Crippen molar-refractivity contribution in [1.82, 2.24) is 0 Å². The van der Waals surface area contributed by atoms with Crippen molar-refractivity contribution < 1.29 is 14.3 Å². The van der Waals surface area contributed by atoms with E-state index in [-0.39, 0.29) is 0 Å². The Kier molecular flexibility index (Phi) is 7.61. The van der Waals surface area contributed by atoms with E-state index in [2.05, 4.69) is 36.4 Å². The second kappa shape index (κ2) is 10.3. The molecule has 0 radical (unpaired) electrons. The molecule has 2 aromatic carbocycles. The van der Waals surface area contributed by atoms with E-state index in [1.54, 1.807) is 18.2 Å². The molecule has 3 nitrogen and oxygen atoms in total. The van der Waals surface area contributed by atoms with Crippen LogP contribution in [0.5, 0.6) is 11.5 Å². The van der Waals surface area contributed by atoms with Gasteiger partial charge in [-0.1, -0.05) is 42.5 Å². The van der Waals surface area contributed by atoms with Crippen LogP contribution in [0.1, 0.15) is 35.7 Å². The molecule has 0 saturated heterocycles. The van der Waals surface area contributed by atoms with E-state index >= 15 is 0 Å². The van der Waals surface area contributed by atoms with Gasteiger partial charge in [-0.2, -0.15) is 0 Å². The largest absolute Gasteiger partial charge is 0.490 e. The second-order valence-corrected chi connectivity index (χ2v) is 5.39. The quantitative estimate of drug-likeness (QED) is 0.356. The van der Waals surface area contributed by atoms with Crippen molar-refractivity contribution in [3.63, 3.8) is 0 Å². The van der Waals surface area contributed by atoms with E-state index in [0.29, 0.717) is 30.3 Å². The van der Waals surface area contributed by atoms with E-state index in [1.807, 2.05) is 13.0 Å². The van der Waals surface area contributed by atoms with Crippen LogP contribution >= 0.6 is 0 Å². The summed E-state index contributed by atoms with van der Waals surface area (Å²) in [7, 11) is 0. The number of ether oxygens (including phenoxy) is 2. The Morgan fingerprint density at radius 1 is 0.917 bits per heavy atom. The van der Waals surface area contributed by atoms with Gasteiger partial charge in [0.05, 0.1) is 13.2 Å². The van der Waals surface area contributed by atoms with Crippen molar-refractivity contribution in [3.05, 3.63) is 71.8 Å². The predicted molar refractivity (Wildman–Crippen MR) is 97.0 cm³/mol. The number of carbonyl (C=O) groups excluding carboxylic acids is 1. The van der Waals surface area contributed by atoms with Gasteiger partial charge in [0.25, 0.3) is 0 Å². The number of allylic oxidation sites excluding steroid dienone is 1. The zero-order valence-electron chi connectivity index (χ0n) is 14.1. The fraction of sp³-hybridized carbons (Fsp3) is 0.286. The summed E-state index contributed by atoms with van der Waals surface area (Å²) in [5.41, 5.74) is 1.95. The first-order chi connectivity index (χ1) is 11.8. The van der Waals surface area contributed by atoms with Gasteiger partial charge in [-0.3, -0.25) is 4.79 Å². The number of hydrogen-bond acceptors (Lipinski definition) is 3. The van der Waals surface area contributed by atoms with Gasteiger partial charge in [0.15, 0.2) is 11.5 Å². The lowest BCUT2D eigenvalue weighted by Gasteiger charge is -2.11. The van der Waals surface area contributed by atoms with Gasteiger partial charge in [-0.15, -0.1) is 0 Å². The summed E-state index contributed by atoms with van der Waals surface area (Å²) in [4.78, 5) is 10.8. The maximum absolute atomic E-state index is 10.8. The fourth-order valence-corrected chi connectivity index (χ4v) is 2.35. The van der Waals surface area contributed by atoms with Crippen molar-refractivity contribution >= 4 is 6.29 Å². The summed E-state index contributed by atoms with van der Waals surface area (Å²) in [5, 5.41) is 0. The molecule has 0 heterocycles. The zero-order chi connectivity index (χ0) is 17.0. The topological polar surface area (TPSA) is 35.5 Å². The lowest BCUT2D eigenvalue weighted by atomic mass is 10.1. The molecule has 24 heavy (non-hydrogen) atoms. The van der Waals surface area contributed by atoms with Crippen molar-refractivity contribution in [2.24, 2.45) is 0 Å². The molecule has 0 amide bonds.